The molecule has 0 amide bonds. The van der Waals surface area contributed by atoms with Gasteiger partial charge in [0, 0.05) is 17.3 Å². The molecule has 0 saturated heterocycles. The Hall–Kier alpha value is -2.77. The number of halogens is 3. The van der Waals surface area contributed by atoms with Gasteiger partial charge in [0.15, 0.2) is 11.7 Å². The third-order valence-corrected chi connectivity index (χ3v) is 4.36. The van der Waals surface area contributed by atoms with E-state index in [0.717, 1.165) is 21.9 Å². The fourth-order valence-electron chi connectivity index (χ4n) is 3.37. The summed E-state index contributed by atoms with van der Waals surface area (Å²) in [6.07, 6.45) is -3.82. The van der Waals surface area contributed by atoms with E-state index in [0.29, 0.717) is 12.1 Å². The van der Waals surface area contributed by atoms with Gasteiger partial charge >= 0.3 is 12.1 Å². The van der Waals surface area contributed by atoms with E-state index in [1.54, 1.807) is 12.1 Å². The fraction of sp³-hybridized carbons (Fsp3) is 0.250. The lowest BCUT2D eigenvalue weighted by molar-refractivity contribution is -0.160. The van der Waals surface area contributed by atoms with Crippen LogP contribution in [0.3, 0.4) is 0 Å². The summed E-state index contributed by atoms with van der Waals surface area (Å²) in [5, 5.41) is 15.6. The highest BCUT2D eigenvalue weighted by Crippen LogP contribution is 2.48. The van der Waals surface area contributed by atoms with Crippen LogP contribution in [0.4, 0.5) is 19.0 Å². The molecule has 8 heteroatoms. The number of carboxylic acid groups (broad SMARTS) is 1. The second-order valence-corrected chi connectivity index (χ2v) is 5.79. The molecule has 1 aliphatic heterocycles. The zero-order valence-corrected chi connectivity index (χ0v) is 12.3. The molecule has 5 nitrogen and oxygen atoms in total. The molecule has 2 N–H and O–H groups in total. The maximum absolute atomic E-state index is 13.7. The fourth-order valence-corrected chi connectivity index (χ4v) is 3.37. The highest BCUT2D eigenvalue weighted by Gasteiger charge is 2.49. The predicted octanol–water partition coefficient (Wildman–Crippen LogP) is 3.47. The van der Waals surface area contributed by atoms with Gasteiger partial charge in [0.05, 0.1) is 0 Å². The molecule has 4 rings (SSSR count). The van der Waals surface area contributed by atoms with Gasteiger partial charge in [-0.2, -0.15) is 18.3 Å². The van der Waals surface area contributed by atoms with Gasteiger partial charge < -0.3 is 10.4 Å². The lowest BCUT2D eigenvalue weighted by Gasteiger charge is -2.35. The van der Waals surface area contributed by atoms with Crippen molar-refractivity contribution in [1.29, 1.82) is 0 Å². The van der Waals surface area contributed by atoms with Gasteiger partial charge in [-0.3, -0.25) is 0 Å². The first kappa shape index (κ1) is 14.8. The van der Waals surface area contributed by atoms with Crippen molar-refractivity contribution in [3.05, 3.63) is 52.7 Å². The monoisotopic (exact) mass is 335 g/mol. The number of hydrogen-bond acceptors (Lipinski definition) is 3. The zero-order valence-electron chi connectivity index (χ0n) is 12.3. The number of carbonyl (C=O) groups is 1. The van der Waals surface area contributed by atoms with Crippen LogP contribution < -0.4 is 5.32 Å². The lowest BCUT2D eigenvalue weighted by atomic mass is 9.85. The van der Waals surface area contributed by atoms with Crippen molar-refractivity contribution in [3.63, 3.8) is 0 Å². The smallest absolute Gasteiger partial charge is 0.414 e. The van der Waals surface area contributed by atoms with Crippen LogP contribution in [-0.2, 0) is 6.42 Å². The number of nitrogens with one attached hydrogen (secondary N) is 1. The topological polar surface area (TPSA) is 67.1 Å². The van der Waals surface area contributed by atoms with Crippen molar-refractivity contribution in [2.45, 2.75) is 25.1 Å². The molecule has 1 unspecified atom stereocenters. The van der Waals surface area contributed by atoms with E-state index >= 15 is 0 Å². The Morgan fingerprint density at radius 2 is 2.04 bits per heavy atom. The zero-order chi connectivity index (χ0) is 17.1. The average Bonchev–Trinajstić information content (AvgIpc) is 2.95. The summed E-state index contributed by atoms with van der Waals surface area (Å²) in [4.78, 5) is 11.1. The number of anilines is 1. The minimum absolute atomic E-state index is 0.0326. The van der Waals surface area contributed by atoms with Gasteiger partial charge in [-0.1, -0.05) is 24.3 Å². The molecule has 0 spiro atoms. The number of benzene rings is 1. The van der Waals surface area contributed by atoms with E-state index in [-0.39, 0.29) is 17.8 Å². The first-order valence-corrected chi connectivity index (χ1v) is 7.34. The Labute approximate surface area is 134 Å². The van der Waals surface area contributed by atoms with Crippen LogP contribution in [0.25, 0.3) is 5.70 Å². The molecule has 2 aromatic rings. The van der Waals surface area contributed by atoms with Crippen LogP contribution in [-0.4, -0.2) is 27.0 Å². The summed E-state index contributed by atoms with van der Waals surface area (Å²) in [6, 6.07) is 6.45. The highest BCUT2D eigenvalue weighted by atomic mass is 19.4. The lowest BCUT2D eigenvalue weighted by Crippen LogP contribution is -2.35. The molecule has 124 valence electrons. The summed E-state index contributed by atoms with van der Waals surface area (Å²) in [7, 11) is 0. The van der Waals surface area contributed by atoms with Crippen molar-refractivity contribution >= 4 is 17.5 Å². The summed E-state index contributed by atoms with van der Waals surface area (Å²) >= 11 is 0. The Bertz CT molecular complexity index is 883. The van der Waals surface area contributed by atoms with E-state index < -0.39 is 23.9 Å². The molecule has 2 heterocycles. The maximum atomic E-state index is 13.7. The number of carboxylic acids is 1. The minimum Gasteiger partial charge on any atom is -0.476 e. The number of alkyl halides is 3. The van der Waals surface area contributed by atoms with Crippen LogP contribution in [0.5, 0.6) is 0 Å². The van der Waals surface area contributed by atoms with Crippen LogP contribution >= 0.6 is 0 Å². The number of aromatic nitrogens is 2. The van der Waals surface area contributed by atoms with Crippen LogP contribution in [0.15, 0.2) is 35.9 Å². The molecular formula is C16H12F3N3O2. The Kier molecular flexibility index (Phi) is 3.00. The number of hydrogen-bond donors (Lipinski definition) is 2. The molecule has 0 bridgehead atoms. The number of aryl methyl sites for hydroxylation is 1. The molecular weight excluding hydrogens is 323 g/mol. The predicted molar refractivity (Wildman–Crippen MR) is 79.6 cm³/mol. The summed E-state index contributed by atoms with van der Waals surface area (Å²) in [6.45, 7) is 0. The number of rotatable bonds is 1. The SMILES string of the molecule is O=C(O)c1cc2n(n1)C(C(F)(F)F)C1=C(N2)c2ccccc2CC1. The number of aromatic carboxylic acids is 1. The third-order valence-electron chi connectivity index (χ3n) is 4.36. The minimum atomic E-state index is -4.56. The Morgan fingerprint density at radius 3 is 2.75 bits per heavy atom. The van der Waals surface area contributed by atoms with Gasteiger partial charge in [0.1, 0.15) is 5.82 Å². The molecule has 0 fully saturated rings. The average molecular weight is 335 g/mol. The highest BCUT2D eigenvalue weighted by molar-refractivity contribution is 5.89. The van der Waals surface area contributed by atoms with Crippen molar-refractivity contribution in [2.75, 3.05) is 5.32 Å². The molecule has 1 aromatic carbocycles. The van der Waals surface area contributed by atoms with Gasteiger partial charge in [0.2, 0.25) is 0 Å². The summed E-state index contributed by atoms with van der Waals surface area (Å²) < 4.78 is 41.9. The molecule has 1 aliphatic carbocycles. The first-order valence-electron chi connectivity index (χ1n) is 7.34. The van der Waals surface area contributed by atoms with Crippen molar-refractivity contribution in [3.8, 4) is 0 Å². The van der Waals surface area contributed by atoms with Gasteiger partial charge in [-0.05, 0) is 24.0 Å². The number of fused-ring (bicyclic) bond motifs is 3. The molecule has 24 heavy (non-hydrogen) atoms. The van der Waals surface area contributed by atoms with Gasteiger partial charge in [-0.15, -0.1) is 0 Å². The van der Waals surface area contributed by atoms with Crippen LogP contribution in [0.2, 0.25) is 0 Å². The molecule has 0 radical (unpaired) electrons. The van der Waals surface area contributed by atoms with E-state index in [9.17, 15) is 18.0 Å². The second-order valence-electron chi connectivity index (χ2n) is 5.79. The molecule has 2 aliphatic rings. The molecule has 0 saturated carbocycles. The van der Waals surface area contributed by atoms with Crippen LogP contribution in [0, 0.1) is 0 Å². The van der Waals surface area contributed by atoms with Crippen LogP contribution in [0.1, 0.15) is 34.1 Å². The summed E-state index contributed by atoms with van der Waals surface area (Å²) in [5.74, 6) is -1.33. The molecule has 1 aromatic heterocycles. The number of allylic oxidation sites excluding steroid dienone is 1. The standard InChI is InChI=1S/C16H12F3N3O2/c17-16(18,19)14-10-6-5-8-3-1-2-4-9(8)13(10)20-12-7-11(15(23)24)21-22(12)14/h1-4,7,14,20H,5-6H2,(H,23,24). The van der Waals surface area contributed by atoms with Crippen molar-refractivity contribution < 1.29 is 23.1 Å². The van der Waals surface area contributed by atoms with E-state index in [2.05, 4.69) is 10.4 Å². The Balaban J connectivity index is 1.93. The van der Waals surface area contributed by atoms with E-state index in [1.807, 2.05) is 12.1 Å². The molecule has 1 atom stereocenters. The quantitative estimate of drug-likeness (QED) is 0.837. The van der Waals surface area contributed by atoms with Gasteiger partial charge in [0.25, 0.3) is 0 Å². The van der Waals surface area contributed by atoms with E-state index in [1.165, 1.54) is 0 Å². The normalized spacial score (nSPS) is 19.2. The van der Waals surface area contributed by atoms with Gasteiger partial charge in [-0.25, -0.2) is 9.48 Å². The summed E-state index contributed by atoms with van der Waals surface area (Å²) in [5.41, 5.74) is 1.87. The Morgan fingerprint density at radius 1 is 1.29 bits per heavy atom. The maximum Gasteiger partial charge on any atom is 0.414 e. The van der Waals surface area contributed by atoms with E-state index in [4.69, 9.17) is 5.11 Å². The number of nitrogens with zero attached hydrogens (tertiary/aromatic N) is 2. The first-order chi connectivity index (χ1) is 11.4. The van der Waals surface area contributed by atoms with Crippen molar-refractivity contribution in [2.24, 2.45) is 0 Å². The second kappa shape index (κ2) is 4.86. The third kappa shape index (κ3) is 2.10. The van der Waals surface area contributed by atoms with Crippen molar-refractivity contribution in [1.82, 2.24) is 9.78 Å². The largest absolute Gasteiger partial charge is 0.476 e.